The van der Waals surface area contributed by atoms with Crippen LogP contribution in [-0.4, -0.2) is 11.7 Å². The second kappa shape index (κ2) is 5.87. The molecule has 0 fully saturated rings. The van der Waals surface area contributed by atoms with Gasteiger partial charge in [-0.15, -0.1) is 11.3 Å². The van der Waals surface area contributed by atoms with Crippen molar-refractivity contribution in [1.82, 2.24) is 5.32 Å². The first-order valence-corrected chi connectivity index (χ1v) is 7.74. The zero-order chi connectivity index (χ0) is 13.1. The number of nitrogens with one attached hydrogen (secondary N) is 1. The van der Waals surface area contributed by atoms with E-state index in [-0.39, 0.29) is 12.6 Å². The fourth-order valence-electron chi connectivity index (χ4n) is 2.84. The predicted molar refractivity (Wildman–Crippen MR) is 79.4 cm³/mol. The van der Waals surface area contributed by atoms with E-state index < -0.39 is 0 Å². The Balaban J connectivity index is 1.78. The molecule has 1 aliphatic rings. The van der Waals surface area contributed by atoms with E-state index in [4.69, 9.17) is 0 Å². The van der Waals surface area contributed by atoms with Crippen molar-refractivity contribution in [2.75, 3.05) is 6.61 Å². The summed E-state index contributed by atoms with van der Waals surface area (Å²) >= 11 is 1.86. The first-order chi connectivity index (χ1) is 9.38. The van der Waals surface area contributed by atoms with Crippen LogP contribution in [0.25, 0.3) is 0 Å². The van der Waals surface area contributed by atoms with Crippen LogP contribution in [-0.2, 0) is 6.42 Å². The third kappa shape index (κ3) is 2.73. The lowest BCUT2D eigenvalue weighted by atomic mass is 9.92. The van der Waals surface area contributed by atoms with Gasteiger partial charge in [-0.25, -0.2) is 0 Å². The van der Waals surface area contributed by atoms with Gasteiger partial charge in [0.2, 0.25) is 0 Å². The van der Waals surface area contributed by atoms with Crippen molar-refractivity contribution >= 4 is 11.3 Å². The van der Waals surface area contributed by atoms with Crippen LogP contribution in [0.3, 0.4) is 0 Å². The van der Waals surface area contributed by atoms with Crippen LogP contribution in [0.4, 0.5) is 0 Å². The van der Waals surface area contributed by atoms with E-state index in [9.17, 15) is 5.11 Å². The van der Waals surface area contributed by atoms with Gasteiger partial charge >= 0.3 is 0 Å². The average Bonchev–Trinajstić information content (AvgIpc) is 2.95. The molecule has 19 heavy (non-hydrogen) atoms. The summed E-state index contributed by atoms with van der Waals surface area (Å²) in [4.78, 5) is 1.51. The summed E-state index contributed by atoms with van der Waals surface area (Å²) in [6.45, 7) is 0.139. The summed E-state index contributed by atoms with van der Waals surface area (Å²) in [6.07, 6.45) is 3.60. The quantitative estimate of drug-likeness (QED) is 0.894. The van der Waals surface area contributed by atoms with E-state index in [1.807, 2.05) is 29.5 Å². The van der Waals surface area contributed by atoms with Crippen LogP contribution in [0.15, 0.2) is 41.8 Å². The molecule has 0 aliphatic heterocycles. The van der Waals surface area contributed by atoms with Gasteiger partial charge in [0.05, 0.1) is 12.6 Å². The number of aryl methyl sites for hydroxylation is 1. The molecular weight excluding hydrogens is 254 g/mol. The summed E-state index contributed by atoms with van der Waals surface area (Å²) in [5.74, 6) is 0. The molecule has 100 valence electrons. The Morgan fingerprint density at radius 2 is 2.11 bits per heavy atom. The molecule has 1 aromatic heterocycles. The Hall–Kier alpha value is -1.16. The first-order valence-electron chi connectivity index (χ1n) is 6.86. The zero-order valence-corrected chi connectivity index (χ0v) is 11.7. The lowest BCUT2D eigenvalue weighted by molar-refractivity contribution is 0.228. The molecule has 1 unspecified atom stereocenters. The minimum absolute atomic E-state index is 0.0250. The molecule has 0 bridgehead atoms. The lowest BCUT2D eigenvalue weighted by Crippen LogP contribution is -2.30. The van der Waals surface area contributed by atoms with Gasteiger partial charge in [0.15, 0.2) is 0 Å². The number of benzene rings is 1. The van der Waals surface area contributed by atoms with E-state index in [0.717, 1.165) is 12.0 Å². The maximum atomic E-state index is 9.65. The summed E-state index contributed by atoms with van der Waals surface area (Å²) < 4.78 is 0. The van der Waals surface area contributed by atoms with Gasteiger partial charge in [0.1, 0.15) is 0 Å². The molecule has 0 saturated heterocycles. The van der Waals surface area contributed by atoms with Gasteiger partial charge in [0, 0.05) is 10.9 Å². The van der Waals surface area contributed by atoms with Crippen molar-refractivity contribution in [2.24, 2.45) is 0 Å². The molecule has 2 atom stereocenters. The first kappa shape index (κ1) is 12.9. The largest absolute Gasteiger partial charge is 0.394 e. The van der Waals surface area contributed by atoms with E-state index in [1.54, 1.807) is 0 Å². The highest BCUT2D eigenvalue weighted by atomic mass is 32.1. The number of hydrogen-bond donors (Lipinski definition) is 2. The summed E-state index contributed by atoms with van der Waals surface area (Å²) in [7, 11) is 0. The summed E-state index contributed by atoms with van der Waals surface area (Å²) in [6, 6.07) is 12.8. The Kier molecular flexibility index (Phi) is 3.97. The maximum absolute atomic E-state index is 9.65. The molecule has 3 rings (SSSR count). The van der Waals surface area contributed by atoms with Crippen molar-refractivity contribution in [3.8, 4) is 0 Å². The number of fused-ring (bicyclic) bond motifs is 1. The molecule has 1 aromatic carbocycles. The Morgan fingerprint density at radius 3 is 2.89 bits per heavy atom. The van der Waals surface area contributed by atoms with Crippen molar-refractivity contribution < 1.29 is 5.11 Å². The van der Waals surface area contributed by atoms with E-state index in [2.05, 4.69) is 28.9 Å². The van der Waals surface area contributed by atoms with Gasteiger partial charge in [-0.2, -0.15) is 0 Å². The summed E-state index contributed by atoms with van der Waals surface area (Å²) in [5.41, 5.74) is 2.60. The molecule has 2 aromatic rings. The van der Waals surface area contributed by atoms with Crippen molar-refractivity contribution in [3.63, 3.8) is 0 Å². The number of aliphatic hydroxyl groups is 1. The zero-order valence-electron chi connectivity index (χ0n) is 10.9. The normalized spacial score (nSPS) is 19.9. The Labute approximate surface area is 118 Å². The SMILES string of the molecule is OC[C@@H](NC1CCCc2sccc21)c1ccccc1. The Bertz CT molecular complexity index is 523. The number of aliphatic hydroxyl groups excluding tert-OH is 1. The fourth-order valence-corrected chi connectivity index (χ4v) is 3.83. The van der Waals surface area contributed by atoms with Crippen molar-refractivity contribution in [2.45, 2.75) is 31.3 Å². The molecule has 0 spiro atoms. The lowest BCUT2D eigenvalue weighted by Gasteiger charge is -2.28. The number of thiophene rings is 1. The van der Waals surface area contributed by atoms with Crippen LogP contribution in [0, 0.1) is 0 Å². The van der Waals surface area contributed by atoms with Crippen molar-refractivity contribution in [3.05, 3.63) is 57.8 Å². The molecule has 0 saturated carbocycles. The third-order valence-electron chi connectivity index (χ3n) is 3.84. The molecule has 2 N–H and O–H groups in total. The second-order valence-electron chi connectivity index (χ2n) is 5.06. The molecule has 0 radical (unpaired) electrons. The van der Waals surface area contributed by atoms with Gasteiger partial charge < -0.3 is 10.4 Å². The van der Waals surface area contributed by atoms with Gasteiger partial charge in [-0.05, 0) is 41.8 Å². The average molecular weight is 273 g/mol. The smallest absolute Gasteiger partial charge is 0.0626 e. The minimum atomic E-state index is 0.0250. The monoisotopic (exact) mass is 273 g/mol. The minimum Gasteiger partial charge on any atom is -0.394 e. The van der Waals surface area contributed by atoms with Gasteiger partial charge in [-0.3, -0.25) is 0 Å². The highest BCUT2D eigenvalue weighted by molar-refractivity contribution is 7.10. The molecule has 1 aliphatic carbocycles. The summed E-state index contributed by atoms with van der Waals surface area (Å²) in [5, 5.41) is 15.5. The predicted octanol–water partition coefficient (Wildman–Crippen LogP) is 3.45. The van der Waals surface area contributed by atoms with Crippen LogP contribution < -0.4 is 5.32 Å². The standard InChI is InChI=1S/C16H19NOS/c18-11-15(12-5-2-1-3-6-12)17-14-7-4-8-16-13(14)9-10-19-16/h1-3,5-6,9-10,14-15,17-18H,4,7-8,11H2/t14?,15-/m1/s1. The van der Waals surface area contributed by atoms with Crippen LogP contribution in [0.5, 0.6) is 0 Å². The van der Waals surface area contributed by atoms with E-state index in [1.165, 1.54) is 23.3 Å². The molecule has 0 amide bonds. The van der Waals surface area contributed by atoms with Crippen LogP contribution in [0.1, 0.15) is 40.9 Å². The highest BCUT2D eigenvalue weighted by Crippen LogP contribution is 2.34. The fraction of sp³-hybridized carbons (Fsp3) is 0.375. The number of hydrogen-bond acceptors (Lipinski definition) is 3. The highest BCUT2D eigenvalue weighted by Gasteiger charge is 2.23. The topological polar surface area (TPSA) is 32.3 Å². The second-order valence-corrected chi connectivity index (χ2v) is 6.06. The van der Waals surface area contributed by atoms with Gasteiger partial charge in [-0.1, -0.05) is 30.3 Å². The van der Waals surface area contributed by atoms with Crippen LogP contribution >= 0.6 is 11.3 Å². The van der Waals surface area contributed by atoms with Gasteiger partial charge in [0.25, 0.3) is 0 Å². The maximum Gasteiger partial charge on any atom is 0.0626 e. The Morgan fingerprint density at radius 1 is 1.26 bits per heavy atom. The number of rotatable bonds is 4. The third-order valence-corrected chi connectivity index (χ3v) is 4.84. The van der Waals surface area contributed by atoms with Crippen LogP contribution in [0.2, 0.25) is 0 Å². The molecule has 3 heteroatoms. The van der Waals surface area contributed by atoms with Crippen molar-refractivity contribution in [1.29, 1.82) is 0 Å². The van der Waals surface area contributed by atoms with E-state index in [0.29, 0.717) is 6.04 Å². The van der Waals surface area contributed by atoms with E-state index >= 15 is 0 Å². The molecule has 2 nitrogen and oxygen atoms in total. The molecular formula is C16H19NOS. The molecule has 1 heterocycles.